The van der Waals surface area contributed by atoms with Gasteiger partial charge in [-0.05, 0) is 54.6 Å². The zero-order valence-corrected chi connectivity index (χ0v) is 33.6. The number of anilines is 2. The average Bonchev–Trinajstić information content (AvgIpc) is 4.12. The van der Waals surface area contributed by atoms with E-state index in [0.29, 0.717) is 0 Å². The van der Waals surface area contributed by atoms with Gasteiger partial charge in [0.2, 0.25) is 5.95 Å². The van der Waals surface area contributed by atoms with Crippen LogP contribution in [0.25, 0.3) is 93.9 Å². The molecule has 12 aromatic rings. The van der Waals surface area contributed by atoms with Gasteiger partial charge in [-0.25, -0.2) is 15.0 Å². The number of aromatic nitrogens is 7. The third-order valence-corrected chi connectivity index (χ3v) is 13.4. The molecule has 0 bridgehead atoms. The summed E-state index contributed by atoms with van der Waals surface area (Å²) in [5, 5.41) is 7.21. The Labute approximate surface area is 355 Å². The minimum absolute atomic E-state index is 0.0108. The lowest BCUT2D eigenvalue weighted by Crippen LogP contribution is -2.29. The van der Waals surface area contributed by atoms with Crippen LogP contribution in [0.15, 0.2) is 188 Å². The van der Waals surface area contributed by atoms with Gasteiger partial charge in [0.15, 0.2) is 17.0 Å². The Bertz CT molecular complexity index is 3900. The van der Waals surface area contributed by atoms with E-state index in [1.54, 1.807) is 6.33 Å². The van der Waals surface area contributed by atoms with Crippen LogP contribution in [-0.2, 0) is 7.05 Å². The third-order valence-electron chi connectivity index (χ3n) is 13.4. The van der Waals surface area contributed by atoms with Gasteiger partial charge in [-0.3, -0.25) is 9.13 Å². The van der Waals surface area contributed by atoms with Crippen LogP contribution in [0.3, 0.4) is 0 Å². The fraction of sp³-hybridized carbons (Fsp3) is 0.0556. The molecular formula is C54H36N8. The number of allylic oxidation sites excluding steroid dienone is 2. The average molecular weight is 797 g/mol. The number of nitrogens with zero attached hydrogens (tertiary/aromatic N) is 8. The molecule has 2 aliphatic rings. The predicted molar refractivity (Wildman–Crippen MR) is 253 cm³/mol. The van der Waals surface area contributed by atoms with Gasteiger partial charge in [-0.1, -0.05) is 127 Å². The smallest absolute Gasteiger partial charge is 0.216 e. The third kappa shape index (κ3) is 4.32. The molecule has 14 rings (SSSR count). The van der Waals surface area contributed by atoms with Crippen molar-refractivity contribution in [2.45, 2.75) is 12.0 Å². The Balaban J connectivity index is 1.05. The normalized spacial score (nSPS) is 16.0. The van der Waals surface area contributed by atoms with Gasteiger partial charge in [-0.2, -0.15) is 0 Å². The molecule has 0 radical (unpaired) electrons. The molecule has 7 aromatic carbocycles. The lowest BCUT2D eigenvalue weighted by Gasteiger charge is -2.27. The molecule has 8 nitrogen and oxygen atoms in total. The van der Waals surface area contributed by atoms with Crippen LogP contribution in [0.5, 0.6) is 0 Å². The summed E-state index contributed by atoms with van der Waals surface area (Å²) >= 11 is 0. The lowest BCUT2D eigenvalue weighted by molar-refractivity contribution is 0.740. The van der Waals surface area contributed by atoms with Gasteiger partial charge in [-0.15, -0.1) is 0 Å². The maximum absolute atomic E-state index is 5.63. The van der Waals surface area contributed by atoms with Gasteiger partial charge < -0.3 is 14.0 Å². The van der Waals surface area contributed by atoms with E-state index in [1.165, 1.54) is 48.9 Å². The van der Waals surface area contributed by atoms with Gasteiger partial charge in [0, 0.05) is 67.9 Å². The largest absolute Gasteiger partial charge is 0.316 e. The lowest BCUT2D eigenvalue weighted by atomic mass is 9.90. The van der Waals surface area contributed by atoms with Crippen molar-refractivity contribution >= 4 is 88.1 Å². The van der Waals surface area contributed by atoms with Crippen LogP contribution in [0, 0.1) is 0 Å². The highest BCUT2D eigenvalue weighted by Gasteiger charge is 2.42. The maximum atomic E-state index is 5.63. The Kier molecular flexibility index (Phi) is 6.72. The molecule has 6 heterocycles. The Hall–Kier alpha value is -8.23. The van der Waals surface area contributed by atoms with E-state index in [4.69, 9.17) is 15.0 Å². The van der Waals surface area contributed by atoms with E-state index < -0.39 is 0 Å². The van der Waals surface area contributed by atoms with E-state index in [0.717, 1.165) is 62.1 Å². The van der Waals surface area contributed by atoms with Crippen molar-refractivity contribution in [1.82, 2.24) is 33.2 Å². The van der Waals surface area contributed by atoms with Crippen molar-refractivity contribution in [3.05, 3.63) is 194 Å². The quantitative estimate of drug-likeness (QED) is 0.178. The predicted octanol–water partition coefficient (Wildman–Crippen LogP) is 12.4. The van der Waals surface area contributed by atoms with Crippen LogP contribution in [0.1, 0.15) is 11.5 Å². The molecule has 0 amide bonds. The summed E-state index contributed by atoms with van der Waals surface area (Å²) in [7, 11) is 2.08. The first-order valence-corrected chi connectivity index (χ1v) is 21.2. The summed E-state index contributed by atoms with van der Waals surface area (Å²) in [5.74, 6) is 1.66. The number of aryl methyl sites for hydroxylation is 1. The Morgan fingerprint density at radius 2 is 1.08 bits per heavy atom. The van der Waals surface area contributed by atoms with Crippen molar-refractivity contribution < 1.29 is 0 Å². The van der Waals surface area contributed by atoms with E-state index >= 15 is 0 Å². The zero-order chi connectivity index (χ0) is 40.6. The van der Waals surface area contributed by atoms with E-state index in [-0.39, 0.29) is 12.0 Å². The molecule has 1 aliphatic heterocycles. The summed E-state index contributed by atoms with van der Waals surface area (Å²) < 4.78 is 9.32. The van der Waals surface area contributed by atoms with Crippen LogP contribution in [0.2, 0.25) is 0 Å². The van der Waals surface area contributed by atoms with Gasteiger partial charge in [0.05, 0.1) is 39.1 Å². The summed E-state index contributed by atoms with van der Waals surface area (Å²) in [6, 6.07) is 56.7. The topological polar surface area (TPSA) is 61.6 Å². The van der Waals surface area contributed by atoms with Crippen LogP contribution in [0.4, 0.5) is 11.5 Å². The monoisotopic (exact) mass is 796 g/mol. The molecule has 1 aliphatic carbocycles. The van der Waals surface area contributed by atoms with Crippen molar-refractivity contribution in [1.29, 1.82) is 0 Å². The number of para-hydroxylation sites is 5. The number of hydrogen-bond acceptors (Lipinski definition) is 4. The molecular weight excluding hydrogens is 761 g/mol. The van der Waals surface area contributed by atoms with Crippen LogP contribution >= 0.6 is 0 Å². The van der Waals surface area contributed by atoms with Crippen molar-refractivity contribution in [2.75, 3.05) is 4.90 Å². The first-order valence-electron chi connectivity index (χ1n) is 21.2. The van der Waals surface area contributed by atoms with Gasteiger partial charge >= 0.3 is 0 Å². The molecule has 5 aromatic heterocycles. The fourth-order valence-corrected chi connectivity index (χ4v) is 10.9. The number of benzene rings is 7. The second kappa shape index (κ2) is 12.4. The highest BCUT2D eigenvalue weighted by Crippen LogP contribution is 2.53. The molecule has 2 atom stereocenters. The van der Waals surface area contributed by atoms with Crippen LogP contribution < -0.4 is 4.90 Å². The second-order valence-electron chi connectivity index (χ2n) is 16.5. The van der Waals surface area contributed by atoms with Crippen molar-refractivity contribution in [3.8, 4) is 17.3 Å². The summed E-state index contributed by atoms with van der Waals surface area (Å²) in [4.78, 5) is 18.1. The molecule has 0 saturated carbocycles. The SMILES string of the molecule is Cn1c(-n2c3ccccc3c3ccc4c(c5ccccc5n4-c4ccccc4)c32)nc2c(N3c4ccc5c6ccccc6n(-c6ccccc6)c5c4C4C=CC=CC43)ncnc21. The highest BCUT2D eigenvalue weighted by atomic mass is 15.3. The van der Waals surface area contributed by atoms with Gasteiger partial charge in [0.25, 0.3) is 0 Å². The molecule has 8 heteroatoms. The molecule has 292 valence electrons. The molecule has 0 fully saturated rings. The summed E-state index contributed by atoms with van der Waals surface area (Å²) in [5.41, 5.74) is 13.1. The first-order chi connectivity index (χ1) is 30.7. The van der Waals surface area contributed by atoms with E-state index in [9.17, 15) is 0 Å². The summed E-state index contributed by atoms with van der Waals surface area (Å²) in [6.07, 6.45) is 10.7. The Morgan fingerprint density at radius 1 is 0.484 bits per heavy atom. The number of hydrogen-bond donors (Lipinski definition) is 0. The molecule has 0 N–H and O–H groups in total. The van der Waals surface area contributed by atoms with E-state index in [1.807, 2.05) is 0 Å². The fourth-order valence-electron chi connectivity index (χ4n) is 10.9. The van der Waals surface area contributed by atoms with E-state index in [2.05, 4.69) is 212 Å². The minimum Gasteiger partial charge on any atom is -0.316 e. The maximum Gasteiger partial charge on any atom is 0.216 e. The first kappa shape index (κ1) is 33.6. The number of imidazole rings is 1. The summed E-state index contributed by atoms with van der Waals surface area (Å²) in [6.45, 7) is 0. The standard InChI is InChI=1S/C54H36N8/c1-58-52-49(57-54(58)62-42-25-13-9-21-36(42)38-28-30-45-47(51(38)62)39-22-10-14-26-43(39)59(45)33-16-4-2-5-17-33)53(56-32-55-52)61-44-27-15-11-23-40(44)48-46(61)31-29-37-35-20-8-12-24-41(35)60(50(37)48)34-18-6-3-7-19-34/h2-32,40,44H,1H3. The minimum atomic E-state index is -0.0108. The van der Waals surface area contributed by atoms with Crippen LogP contribution in [-0.4, -0.2) is 39.3 Å². The number of fused-ring (bicyclic) bond motifs is 15. The Morgan fingerprint density at radius 3 is 1.82 bits per heavy atom. The molecule has 62 heavy (non-hydrogen) atoms. The van der Waals surface area contributed by atoms with Gasteiger partial charge in [0.1, 0.15) is 6.33 Å². The second-order valence-corrected chi connectivity index (χ2v) is 16.5. The highest BCUT2D eigenvalue weighted by molar-refractivity contribution is 6.26. The number of rotatable bonds is 4. The van der Waals surface area contributed by atoms with Crippen molar-refractivity contribution in [3.63, 3.8) is 0 Å². The molecule has 2 unspecified atom stereocenters. The molecule has 0 spiro atoms. The zero-order valence-electron chi connectivity index (χ0n) is 33.6. The van der Waals surface area contributed by atoms with Crippen molar-refractivity contribution in [2.24, 2.45) is 7.05 Å². The molecule has 0 saturated heterocycles.